The molecule has 180 valence electrons. The van der Waals surface area contributed by atoms with Crippen LogP contribution in [0.15, 0.2) is 48.5 Å². The van der Waals surface area contributed by atoms with Crippen molar-refractivity contribution in [2.45, 2.75) is 39.2 Å². The second kappa shape index (κ2) is 9.99. The van der Waals surface area contributed by atoms with Crippen LogP contribution in [0.25, 0.3) is 11.3 Å². The van der Waals surface area contributed by atoms with Crippen LogP contribution >= 0.6 is 11.6 Å². The highest BCUT2D eigenvalue weighted by Crippen LogP contribution is 2.35. The number of nitrogens with one attached hydrogen (secondary N) is 1. The largest absolute Gasteiger partial charge is 0.480 e. The number of pyridine rings is 1. The maximum Gasteiger partial charge on any atom is 0.425 e. The Balaban J connectivity index is 2.11. The Labute approximate surface area is 198 Å². The van der Waals surface area contributed by atoms with Crippen LogP contribution < -0.4 is 10.1 Å². The third-order valence-corrected chi connectivity index (χ3v) is 5.34. The molecule has 0 radical (unpaired) electrons. The molecular formula is C24H21ClF4N2O3. The first kappa shape index (κ1) is 25.5. The Morgan fingerprint density at radius 3 is 2.44 bits per heavy atom. The summed E-state index contributed by atoms with van der Waals surface area (Å²) in [7, 11) is 0. The van der Waals surface area contributed by atoms with E-state index in [-0.39, 0.29) is 22.0 Å². The number of aliphatic hydroxyl groups excluding tert-OH is 1. The Kier molecular flexibility index (Phi) is 7.48. The molecule has 3 rings (SSSR count). The summed E-state index contributed by atoms with van der Waals surface area (Å²) in [4.78, 5) is 17.0. The van der Waals surface area contributed by atoms with E-state index in [1.165, 1.54) is 19.1 Å². The number of nitrogens with zero attached hydrogens (tertiary/aromatic N) is 1. The van der Waals surface area contributed by atoms with E-state index < -0.39 is 41.4 Å². The molecule has 0 spiro atoms. The number of carbonyl (C=O) groups is 1. The lowest BCUT2D eigenvalue weighted by atomic mass is 10.0. The molecule has 0 aliphatic carbocycles. The van der Waals surface area contributed by atoms with Crippen molar-refractivity contribution in [3.05, 3.63) is 76.2 Å². The Morgan fingerprint density at radius 1 is 1.15 bits per heavy atom. The smallest absolute Gasteiger partial charge is 0.425 e. The Hall–Kier alpha value is -3.17. The average molecular weight is 497 g/mol. The molecule has 1 heterocycles. The number of carbonyl (C=O) groups excluding carboxylic acids is 1. The summed E-state index contributed by atoms with van der Waals surface area (Å²) < 4.78 is 59.8. The standard InChI is InChI=1S/C24H21ClF4N2O3/c1-12-6-4-5-7-19(12)31-23(33)16-10-18(26)15(11-21(16)34-14(3)24(27,28)29)20-9-8-17(25)22(30-20)13(2)32/h4-11,13-14,32H,1-3H3,(H,31,33). The van der Waals surface area contributed by atoms with Crippen molar-refractivity contribution >= 4 is 23.2 Å². The van der Waals surface area contributed by atoms with Gasteiger partial charge in [-0.2, -0.15) is 13.2 Å². The normalized spacial score (nSPS) is 13.3. The zero-order valence-corrected chi connectivity index (χ0v) is 19.1. The fourth-order valence-electron chi connectivity index (χ4n) is 3.09. The lowest BCUT2D eigenvalue weighted by molar-refractivity contribution is -0.189. The summed E-state index contributed by atoms with van der Waals surface area (Å²) >= 11 is 6.01. The van der Waals surface area contributed by atoms with Gasteiger partial charge in [0, 0.05) is 11.3 Å². The molecule has 0 saturated heterocycles. The Bertz CT molecular complexity index is 1220. The van der Waals surface area contributed by atoms with Crippen LogP contribution in [0.5, 0.6) is 5.75 Å². The maximum atomic E-state index is 15.1. The maximum absolute atomic E-state index is 15.1. The van der Waals surface area contributed by atoms with Gasteiger partial charge in [-0.1, -0.05) is 29.8 Å². The third-order valence-electron chi connectivity index (χ3n) is 5.02. The lowest BCUT2D eigenvalue weighted by Crippen LogP contribution is -2.32. The SMILES string of the molecule is Cc1ccccc1NC(=O)c1cc(F)c(-c2ccc(Cl)c(C(C)O)n2)cc1OC(C)C(F)(F)F. The molecule has 0 saturated carbocycles. The van der Waals surface area contributed by atoms with Crippen LogP contribution in [-0.4, -0.2) is 28.3 Å². The topological polar surface area (TPSA) is 71.5 Å². The molecule has 2 atom stereocenters. The van der Waals surface area contributed by atoms with Gasteiger partial charge in [-0.05, 0) is 56.7 Å². The predicted molar refractivity (Wildman–Crippen MR) is 121 cm³/mol. The van der Waals surface area contributed by atoms with E-state index in [1.807, 2.05) is 0 Å². The number of aryl methyl sites for hydroxylation is 1. The predicted octanol–water partition coefficient (Wildman–Crippen LogP) is 6.48. The van der Waals surface area contributed by atoms with Crippen molar-refractivity contribution in [3.63, 3.8) is 0 Å². The van der Waals surface area contributed by atoms with Crippen LogP contribution in [0.2, 0.25) is 5.02 Å². The van der Waals surface area contributed by atoms with Gasteiger partial charge in [0.15, 0.2) is 6.10 Å². The van der Waals surface area contributed by atoms with Gasteiger partial charge in [0.05, 0.1) is 28.1 Å². The number of alkyl halides is 3. The van der Waals surface area contributed by atoms with Crippen molar-refractivity contribution in [2.24, 2.45) is 0 Å². The number of anilines is 1. The number of hydrogen-bond acceptors (Lipinski definition) is 4. The number of aliphatic hydroxyl groups is 1. The van der Waals surface area contributed by atoms with Crippen molar-refractivity contribution in [1.82, 2.24) is 4.98 Å². The molecule has 34 heavy (non-hydrogen) atoms. The zero-order valence-electron chi connectivity index (χ0n) is 18.4. The number of benzene rings is 2. The van der Waals surface area contributed by atoms with Gasteiger partial charge in [0.25, 0.3) is 5.91 Å². The lowest BCUT2D eigenvalue weighted by Gasteiger charge is -2.21. The molecule has 0 fully saturated rings. The molecule has 0 aliphatic heterocycles. The summed E-state index contributed by atoms with van der Waals surface area (Å²) in [5, 5.41) is 12.5. The van der Waals surface area contributed by atoms with Gasteiger partial charge in [0.2, 0.25) is 0 Å². The van der Waals surface area contributed by atoms with Crippen LogP contribution in [0, 0.1) is 12.7 Å². The van der Waals surface area contributed by atoms with E-state index in [1.54, 1.807) is 31.2 Å². The molecule has 0 aliphatic rings. The number of aromatic nitrogens is 1. The molecule has 10 heteroatoms. The van der Waals surface area contributed by atoms with Gasteiger partial charge in [-0.15, -0.1) is 0 Å². The third kappa shape index (κ3) is 5.66. The fourth-order valence-corrected chi connectivity index (χ4v) is 3.35. The monoisotopic (exact) mass is 496 g/mol. The van der Waals surface area contributed by atoms with Crippen LogP contribution in [0.1, 0.15) is 41.6 Å². The summed E-state index contributed by atoms with van der Waals surface area (Å²) in [6.07, 6.45) is -8.08. The molecule has 1 aromatic heterocycles. The highest BCUT2D eigenvalue weighted by atomic mass is 35.5. The summed E-state index contributed by atoms with van der Waals surface area (Å²) in [5.41, 5.74) is 0.516. The van der Waals surface area contributed by atoms with Crippen LogP contribution in [0.4, 0.5) is 23.2 Å². The van der Waals surface area contributed by atoms with Crippen molar-refractivity contribution in [1.29, 1.82) is 0 Å². The van der Waals surface area contributed by atoms with E-state index >= 15 is 4.39 Å². The molecule has 2 unspecified atom stereocenters. The number of halogens is 5. The first-order valence-corrected chi connectivity index (χ1v) is 10.5. The summed E-state index contributed by atoms with van der Waals surface area (Å²) in [6, 6.07) is 11.2. The number of amides is 1. The number of hydrogen-bond donors (Lipinski definition) is 2. The first-order chi connectivity index (χ1) is 15.9. The second-order valence-electron chi connectivity index (χ2n) is 7.64. The first-order valence-electron chi connectivity index (χ1n) is 10.2. The van der Waals surface area contributed by atoms with Gasteiger partial charge in [0.1, 0.15) is 11.6 Å². The van der Waals surface area contributed by atoms with Crippen LogP contribution in [-0.2, 0) is 0 Å². The Morgan fingerprint density at radius 2 is 1.82 bits per heavy atom. The molecule has 2 aromatic carbocycles. The average Bonchev–Trinajstić information content (AvgIpc) is 2.75. The summed E-state index contributed by atoms with van der Waals surface area (Å²) in [5.74, 6) is -2.26. The van der Waals surface area contributed by atoms with Crippen molar-refractivity contribution in [3.8, 4) is 17.0 Å². The minimum atomic E-state index is -4.73. The summed E-state index contributed by atoms with van der Waals surface area (Å²) in [6.45, 7) is 3.92. The zero-order chi connectivity index (χ0) is 25.2. The molecule has 1 amide bonds. The van der Waals surface area contributed by atoms with Crippen molar-refractivity contribution < 1.29 is 32.2 Å². The van der Waals surface area contributed by atoms with Gasteiger partial charge in [-0.25, -0.2) is 9.37 Å². The van der Waals surface area contributed by atoms with E-state index in [9.17, 15) is 23.1 Å². The number of rotatable bonds is 6. The second-order valence-corrected chi connectivity index (χ2v) is 8.05. The van der Waals surface area contributed by atoms with Gasteiger partial charge < -0.3 is 15.2 Å². The van der Waals surface area contributed by atoms with Crippen molar-refractivity contribution in [2.75, 3.05) is 5.32 Å². The minimum Gasteiger partial charge on any atom is -0.480 e. The van der Waals surface area contributed by atoms with E-state index in [0.29, 0.717) is 11.3 Å². The minimum absolute atomic E-state index is 0.00632. The molecule has 5 nitrogen and oxygen atoms in total. The molecule has 2 N–H and O–H groups in total. The number of para-hydroxylation sites is 1. The number of ether oxygens (including phenoxy) is 1. The van der Waals surface area contributed by atoms with Crippen LogP contribution in [0.3, 0.4) is 0 Å². The van der Waals surface area contributed by atoms with E-state index in [4.69, 9.17) is 16.3 Å². The quantitative estimate of drug-likeness (QED) is 0.383. The molecule has 0 bridgehead atoms. The molecular weight excluding hydrogens is 476 g/mol. The molecule has 3 aromatic rings. The van der Waals surface area contributed by atoms with Gasteiger partial charge >= 0.3 is 6.18 Å². The highest BCUT2D eigenvalue weighted by molar-refractivity contribution is 6.31. The van der Waals surface area contributed by atoms with Gasteiger partial charge in [-0.3, -0.25) is 4.79 Å². The fraction of sp³-hybridized carbons (Fsp3) is 0.250. The van der Waals surface area contributed by atoms with E-state index in [2.05, 4.69) is 10.3 Å². The van der Waals surface area contributed by atoms with E-state index in [0.717, 1.165) is 19.1 Å². The highest BCUT2D eigenvalue weighted by Gasteiger charge is 2.39.